The van der Waals surface area contributed by atoms with Gasteiger partial charge in [-0.15, -0.1) is 0 Å². The molecule has 0 aromatic carbocycles. The van der Waals surface area contributed by atoms with Crippen LogP contribution in [0.15, 0.2) is 0 Å². The minimum atomic E-state index is 0.464. The van der Waals surface area contributed by atoms with E-state index in [4.69, 9.17) is 4.74 Å². The van der Waals surface area contributed by atoms with Crippen molar-refractivity contribution in [1.82, 2.24) is 10.2 Å². The Bertz CT molecular complexity index is 251. The van der Waals surface area contributed by atoms with Crippen LogP contribution in [-0.4, -0.2) is 49.8 Å². The van der Waals surface area contributed by atoms with E-state index in [0.717, 1.165) is 12.6 Å². The maximum Gasteiger partial charge on any atom is 0.0462 e. The highest BCUT2D eigenvalue weighted by Crippen LogP contribution is 2.33. The van der Waals surface area contributed by atoms with Gasteiger partial charge in [0.25, 0.3) is 0 Å². The molecule has 1 saturated heterocycles. The molecule has 1 saturated carbocycles. The molecule has 1 spiro atoms. The van der Waals surface area contributed by atoms with E-state index in [1.54, 1.807) is 7.11 Å². The fraction of sp³-hybridized carbons (Fsp3) is 1.00. The first-order chi connectivity index (χ1) is 9.29. The molecular formula is C16H32N2O. The van der Waals surface area contributed by atoms with Gasteiger partial charge in [-0.25, -0.2) is 0 Å². The van der Waals surface area contributed by atoms with Crippen LogP contribution < -0.4 is 5.32 Å². The molecular weight excluding hydrogens is 236 g/mol. The average molecular weight is 268 g/mol. The van der Waals surface area contributed by atoms with Gasteiger partial charge in [-0.3, -0.25) is 4.90 Å². The third-order valence-corrected chi connectivity index (χ3v) is 4.96. The summed E-state index contributed by atoms with van der Waals surface area (Å²) in [4.78, 5) is 2.78. The number of methoxy groups -OCH3 is 1. The highest BCUT2D eigenvalue weighted by atomic mass is 16.5. The predicted octanol–water partition coefficient (Wildman–Crippen LogP) is 2.80. The van der Waals surface area contributed by atoms with Crippen molar-refractivity contribution in [2.24, 2.45) is 0 Å². The highest BCUT2D eigenvalue weighted by molar-refractivity contribution is 5.00. The Labute approximate surface area is 119 Å². The minimum Gasteiger partial charge on any atom is -0.385 e. The first-order valence-corrected chi connectivity index (χ1v) is 8.28. The maximum absolute atomic E-state index is 5.17. The number of nitrogens with zero attached hydrogens (tertiary/aromatic N) is 1. The molecule has 1 unspecified atom stereocenters. The first-order valence-electron chi connectivity index (χ1n) is 8.28. The van der Waals surface area contributed by atoms with E-state index in [1.165, 1.54) is 71.0 Å². The smallest absolute Gasteiger partial charge is 0.0462 e. The molecule has 112 valence electrons. The van der Waals surface area contributed by atoms with Gasteiger partial charge < -0.3 is 10.1 Å². The van der Waals surface area contributed by atoms with Gasteiger partial charge in [-0.2, -0.15) is 0 Å². The van der Waals surface area contributed by atoms with Crippen molar-refractivity contribution >= 4 is 0 Å². The lowest BCUT2D eigenvalue weighted by Crippen LogP contribution is -2.63. The molecule has 0 bridgehead atoms. The molecule has 0 radical (unpaired) electrons. The molecule has 2 aliphatic rings. The number of ether oxygens (including phenoxy) is 1. The van der Waals surface area contributed by atoms with Crippen molar-refractivity contribution < 1.29 is 4.74 Å². The molecule has 1 aliphatic carbocycles. The number of unbranched alkanes of at least 4 members (excludes halogenated alkanes) is 1. The maximum atomic E-state index is 5.17. The van der Waals surface area contributed by atoms with Crippen LogP contribution in [0.5, 0.6) is 0 Å². The van der Waals surface area contributed by atoms with Crippen molar-refractivity contribution in [2.75, 3.05) is 33.4 Å². The second kappa shape index (κ2) is 7.61. The lowest BCUT2D eigenvalue weighted by atomic mass is 9.91. The third kappa shape index (κ3) is 4.17. The Kier molecular flexibility index (Phi) is 6.11. The standard InChI is InChI=1S/C16H32N2O/c1-3-8-15-13-17-16(9-4-5-10-16)14-18(15)11-6-7-12-19-2/h15,17H,3-14H2,1-2H3. The van der Waals surface area contributed by atoms with Crippen molar-refractivity contribution in [2.45, 2.75) is 69.9 Å². The first kappa shape index (κ1) is 15.3. The van der Waals surface area contributed by atoms with E-state index in [0.29, 0.717) is 5.54 Å². The molecule has 1 N–H and O–H groups in total. The normalized spacial score (nSPS) is 27.2. The molecule has 0 aromatic rings. The number of nitrogens with one attached hydrogen (secondary N) is 1. The Balaban J connectivity index is 1.84. The monoisotopic (exact) mass is 268 g/mol. The van der Waals surface area contributed by atoms with Gasteiger partial charge in [0.05, 0.1) is 0 Å². The number of rotatable bonds is 7. The van der Waals surface area contributed by atoms with E-state index in [-0.39, 0.29) is 0 Å². The summed E-state index contributed by atoms with van der Waals surface area (Å²) in [7, 11) is 1.80. The molecule has 0 amide bonds. The van der Waals surface area contributed by atoms with Gasteiger partial charge in [0.15, 0.2) is 0 Å². The van der Waals surface area contributed by atoms with Crippen molar-refractivity contribution in [3.05, 3.63) is 0 Å². The number of piperazine rings is 1. The summed E-state index contributed by atoms with van der Waals surface area (Å²) in [5.74, 6) is 0. The van der Waals surface area contributed by atoms with E-state index >= 15 is 0 Å². The summed E-state index contributed by atoms with van der Waals surface area (Å²) < 4.78 is 5.17. The van der Waals surface area contributed by atoms with Gasteiger partial charge in [0, 0.05) is 38.4 Å². The van der Waals surface area contributed by atoms with E-state index in [2.05, 4.69) is 17.1 Å². The summed E-state index contributed by atoms with van der Waals surface area (Å²) in [5.41, 5.74) is 0.464. The Morgan fingerprint density at radius 2 is 2.05 bits per heavy atom. The molecule has 3 nitrogen and oxygen atoms in total. The van der Waals surface area contributed by atoms with Crippen LogP contribution in [0.2, 0.25) is 0 Å². The second-order valence-electron chi connectivity index (χ2n) is 6.48. The van der Waals surface area contributed by atoms with E-state index in [1.807, 2.05) is 0 Å². The molecule has 1 atom stereocenters. The average Bonchev–Trinajstić information content (AvgIpc) is 2.86. The lowest BCUT2D eigenvalue weighted by Gasteiger charge is -2.46. The van der Waals surface area contributed by atoms with Crippen LogP contribution >= 0.6 is 0 Å². The molecule has 1 heterocycles. The van der Waals surface area contributed by atoms with Crippen molar-refractivity contribution in [3.8, 4) is 0 Å². The Morgan fingerprint density at radius 1 is 1.26 bits per heavy atom. The lowest BCUT2D eigenvalue weighted by molar-refractivity contribution is 0.0715. The fourth-order valence-electron chi connectivity index (χ4n) is 3.86. The van der Waals surface area contributed by atoms with Gasteiger partial charge in [-0.05, 0) is 38.6 Å². The van der Waals surface area contributed by atoms with Gasteiger partial charge >= 0.3 is 0 Å². The zero-order valence-corrected chi connectivity index (χ0v) is 12.9. The van der Waals surface area contributed by atoms with Crippen LogP contribution in [-0.2, 0) is 4.74 Å². The van der Waals surface area contributed by atoms with Crippen molar-refractivity contribution in [3.63, 3.8) is 0 Å². The fourth-order valence-corrected chi connectivity index (χ4v) is 3.86. The highest BCUT2D eigenvalue weighted by Gasteiger charge is 2.40. The summed E-state index contributed by atoms with van der Waals surface area (Å²) in [6.45, 7) is 6.97. The zero-order valence-electron chi connectivity index (χ0n) is 12.9. The topological polar surface area (TPSA) is 24.5 Å². The summed E-state index contributed by atoms with van der Waals surface area (Å²) in [5, 5.41) is 3.89. The van der Waals surface area contributed by atoms with Crippen LogP contribution in [0.25, 0.3) is 0 Å². The minimum absolute atomic E-state index is 0.464. The van der Waals surface area contributed by atoms with Crippen LogP contribution in [0.1, 0.15) is 58.3 Å². The van der Waals surface area contributed by atoms with Gasteiger partial charge in [0.1, 0.15) is 0 Å². The molecule has 2 fully saturated rings. The van der Waals surface area contributed by atoms with Crippen molar-refractivity contribution in [1.29, 1.82) is 0 Å². The SMILES string of the molecule is CCCC1CNC2(CCCC2)CN1CCCCOC. The predicted molar refractivity (Wildman–Crippen MR) is 80.6 cm³/mol. The van der Waals surface area contributed by atoms with E-state index in [9.17, 15) is 0 Å². The molecule has 0 aromatic heterocycles. The Morgan fingerprint density at radius 3 is 2.74 bits per heavy atom. The third-order valence-electron chi connectivity index (χ3n) is 4.96. The van der Waals surface area contributed by atoms with E-state index < -0.39 is 0 Å². The summed E-state index contributed by atoms with van der Waals surface area (Å²) in [6, 6.07) is 0.763. The molecule has 19 heavy (non-hydrogen) atoms. The zero-order chi connectivity index (χ0) is 13.6. The summed E-state index contributed by atoms with van der Waals surface area (Å²) >= 11 is 0. The number of hydrogen-bond donors (Lipinski definition) is 1. The molecule has 1 aliphatic heterocycles. The van der Waals surface area contributed by atoms with Crippen LogP contribution in [0, 0.1) is 0 Å². The quantitative estimate of drug-likeness (QED) is 0.719. The molecule has 2 rings (SSSR count). The second-order valence-corrected chi connectivity index (χ2v) is 6.48. The number of hydrogen-bond acceptors (Lipinski definition) is 3. The Hall–Kier alpha value is -0.120. The largest absolute Gasteiger partial charge is 0.385 e. The summed E-state index contributed by atoms with van der Waals surface area (Å²) in [6.07, 6.45) is 10.7. The van der Waals surface area contributed by atoms with Gasteiger partial charge in [0.2, 0.25) is 0 Å². The van der Waals surface area contributed by atoms with Crippen LogP contribution in [0.3, 0.4) is 0 Å². The van der Waals surface area contributed by atoms with Crippen LogP contribution in [0.4, 0.5) is 0 Å². The molecule has 3 heteroatoms. The van der Waals surface area contributed by atoms with Gasteiger partial charge in [-0.1, -0.05) is 26.2 Å².